The summed E-state index contributed by atoms with van der Waals surface area (Å²) in [5.74, 6) is -0.432. The van der Waals surface area contributed by atoms with Gasteiger partial charge in [0.25, 0.3) is 0 Å². The second kappa shape index (κ2) is 4.31. The van der Waals surface area contributed by atoms with Crippen LogP contribution in [0.15, 0.2) is 30.5 Å². The molecule has 0 spiro atoms. The van der Waals surface area contributed by atoms with E-state index in [1.807, 2.05) is 6.07 Å². The Bertz CT molecular complexity index is 442. The summed E-state index contributed by atoms with van der Waals surface area (Å²) in [6, 6.07) is 6.66. The van der Waals surface area contributed by atoms with Gasteiger partial charge in [-0.05, 0) is 18.2 Å². The number of halogens is 2. The van der Waals surface area contributed by atoms with E-state index in [9.17, 15) is 4.39 Å². The Balaban J connectivity index is 2.08. The molecule has 0 unspecified atom stereocenters. The molecule has 0 aliphatic rings. The summed E-state index contributed by atoms with van der Waals surface area (Å²) in [6.45, 7) is 0.483. The van der Waals surface area contributed by atoms with Gasteiger partial charge in [-0.1, -0.05) is 17.7 Å². The number of rotatable bonds is 3. The minimum atomic E-state index is -0.432. The Morgan fingerprint density at radius 3 is 3.00 bits per heavy atom. The number of hydrogen-bond donors (Lipinski definition) is 2. The normalized spacial score (nSPS) is 10.3. The molecule has 0 aliphatic heterocycles. The Labute approximate surface area is 91.3 Å². The van der Waals surface area contributed by atoms with Crippen molar-refractivity contribution in [2.75, 3.05) is 5.32 Å². The van der Waals surface area contributed by atoms with Gasteiger partial charge in [0, 0.05) is 6.20 Å². The molecule has 0 saturated heterocycles. The quantitative estimate of drug-likeness (QED) is 0.843. The van der Waals surface area contributed by atoms with Crippen LogP contribution in [0, 0.1) is 5.82 Å². The van der Waals surface area contributed by atoms with E-state index in [-0.39, 0.29) is 5.02 Å². The molecule has 2 aromatic rings. The highest BCUT2D eigenvalue weighted by Gasteiger charge is 2.05. The fourth-order valence-corrected chi connectivity index (χ4v) is 1.39. The molecule has 0 amide bonds. The molecular formula is C10H9ClFN3. The van der Waals surface area contributed by atoms with Gasteiger partial charge in [0.2, 0.25) is 0 Å². The van der Waals surface area contributed by atoms with Crippen LogP contribution in [0.5, 0.6) is 0 Å². The SMILES string of the molecule is Fc1c(Cl)cccc1NCc1ccn[nH]1. The Morgan fingerprint density at radius 2 is 2.27 bits per heavy atom. The third kappa shape index (κ3) is 2.27. The first kappa shape index (κ1) is 9.98. The molecule has 2 rings (SSSR count). The van der Waals surface area contributed by atoms with Crippen LogP contribution in [0.3, 0.4) is 0 Å². The lowest BCUT2D eigenvalue weighted by Crippen LogP contribution is -2.01. The Hall–Kier alpha value is -1.55. The largest absolute Gasteiger partial charge is 0.377 e. The number of anilines is 1. The van der Waals surface area contributed by atoms with Crippen LogP contribution in [0.25, 0.3) is 0 Å². The summed E-state index contributed by atoms with van der Waals surface area (Å²) in [7, 11) is 0. The summed E-state index contributed by atoms with van der Waals surface area (Å²) in [4.78, 5) is 0. The molecule has 15 heavy (non-hydrogen) atoms. The first-order valence-electron chi connectivity index (χ1n) is 4.43. The molecule has 0 radical (unpaired) electrons. The van der Waals surface area contributed by atoms with Crippen molar-refractivity contribution in [3.8, 4) is 0 Å². The molecule has 1 heterocycles. The number of nitrogens with zero attached hydrogens (tertiary/aromatic N) is 1. The molecule has 1 aromatic heterocycles. The van der Waals surface area contributed by atoms with Crippen LogP contribution in [0.4, 0.5) is 10.1 Å². The van der Waals surface area contributed by atoms with Crippen molar-refractivity contribution in [1.82, 2.24) is 10.2 Å². The third-order valence-electron chi connectivity index (χ3n) is 1.98. The van der Waals surface area contributed by atoms with Gasteiger partial charge in [-0.15, -0.1) is 0 Å². The van der Waals surface area contributed by atoms with Crippen molar-refractivity contribution >= 4 is 17.3 Å². The van der Waals surface area contributed by atoms with E-state index in [0.717, 1.165) is 5.69 Å². The van der Waals surface area contributed by atoms with Crippen LogP contribution in [0.2, 0.25) is 5.02 Å². The zero-order valence-electron chi connectivity index (χ0n) is 7.80. The van der Waals surface area contributed by atoms with Crippen molar-refractivity contribution in [3.05, 3.63) is 47.0 Å². The average Bonchev–Trinajstić information content (AvgIpc) is 2.73. The van der Waals surface area contributed by atoms with Gasteiger partial charge in [0.1, 0.15) is 0 Å². The maximum absolute atomic E-state index is 13.4. The molecule has 0 atom stereocenters. The van der Waals surface area contributed by atoms with E-state index in [1.54, 1.807) is 18.3 Å². The van der Waals surface area contributed by atoms with Crippen LogP contribution in [-0.4, -0.2) is 10.2 Å². The molecule has 0 fully saturated rings. The van der Waals surface area contributed by atoms with E-state index in [0.29, 0.717) is 12.2 Å². The first-order valence-corrected chi connectivity index (χ1v) is 4.81. The Kier molecular flexibility index (Phi) is 2.87. The van der Waals surface area contributed by atoms with E-state index in [4.69, 9.17) is 11.6 Å². The number of nitrogens with one attached hydrogen (secondary N) is 2. The maximum atomic E-state index is 13.4. The van der Waals surface area contributed by atoms with E-state index in [2.05, 4.69) is 15.5 Å². The van der Waals surface area contributed by atoms with Gasteiger partial charge in [-0.3, -0.25) is 5.10 Å². The zero-order chi connectivity index (χ0) is 10.7. The van der Waals surface area contributed by atoms with Crippen LogP contribution in [-0.2, 0) is 6.54 Å². The number of aromatic amines is 1. The molecule has 3 nitrogen and oxygen atoms in total. The topological polar surface area (TPSA) is 40.7 Å². The van der Waals surface area contributed by atoms with E-state index >= 15 is 0 Å². The van der Waals surface area contributed by atoms with Gasteiger partial charge in [-0.2, -0.15) is 5.10 Å². The second-order valence-corrected chi connectivity index (χ2v) is 3.44. The summed E-state index contributed by atoms with van der Waals surface area (Å²) >= 11 is 5.64. The summed E-state index contributed by atoms with van der Waals surface area (Å²) < 4.78 is 13.4. The van der Waals surface area contributed by atoms with Gasteiger partial charge < -0.3 is 5.32 Å². The van der Waals surface area contributed by atoms with Crippen molar-refractivity contribution in [2.45, 2.75) is 6.54 Å². The van der Waals surface area contributed by atoms with Gasteiger partial charge in [-0.25, -0.2) is 4.39 Å². The lowest BCUT2D eigenvalue weighted by Gasteiger charge is -2.06. The summed E-state index contributed by atoms with van der Waals surface area (Å²) in [5.41, 5.74) is 1.27. The minimum Gasteiger partial charge on any atom is -0.377 e. The lowest BCUT2D eigenvalue weighted by molar-refractivity contribution is 0.630. The smallest absolute Gasteiger partial charge is 0.164 e. The fraction of sp³-hybridized carbons (Fsp3) is 0.100. The molecule has 0 aliphatic carbocycles. The monoisotopic (exact) mass is 225 g/mol. The second-order valence-electron chi connectivity index (χ2n) is 3.04. The predicted octanol–water partition coefficient (Wildman–Crippen LogP) is 2.81. The van der Waals surface area contributed by atoms with Crippen molar-refractivity contribution in [3.63, 3.8) is 0 Å². The molecule has 5 heteroatoms. The number of benzene rings is 1. The zero-order valence-corrected chi connectivity index (χ0v) is 8.55. The number of H-pyrrole nitrogens is 1. The van der Waals surface area contributed by atoms with Crippen molar-refractivity contribution in [1.29, 1.82) is 0 Å². The molecule has 0 bridgehead atoms. The third-order valence-corrected chi connectivity index (χ3v) is 2.27. The standard InChI is InChI=1S/C10H9ClFN3/c11-8-2-1-3-9(10(8)12)13-6-7-4-5-14-15-7/h1-5,13H,6H2,(H,14,15). The molecule has 78 valence electrons. The minimum absolute atomic E-state index is 0.115. The average molecular weight is 226 g/mol. The van der Waals surface area contributed by atoms with E-state index < -0.39 is 5.82 Å². The lowest BCUT2D eigenvalue weighted by atomic mass is 10.3. The molecule has 2 N–H and O–H groups in total. The van der Waals surface area contributed by atoms with E-state index in [1.165, 1.54) is 6.07 Å². The summed E-state index contributed by atoms with van der Waals surface area (Å²) in [5, 5.41) is 9.60. The highest BCUT2D eigenvalue weighted by molar-refractivity contribution is 6.31. The van der Waals surface area contributed by atoms with Gasteiger partial charge >= 0.3 is 0 Å². The van der Waals surface area contributed by atoms with Gasteiger partial charge in [0.05, 0.1) is 22.9 Å². The first-order chi connectivity index (χ1) is 7.27. The number of hydrogen-bond acceptors (Lipinski definition) is 2. The van der Waals surface area contributed by atoms with Crippen LogP contribution >= 0.6 is 11.6 Å². The van der Waals surface area contributed by atoms with Gasteiger partial charge in [0.15, 0.2) is 5.82 Å². The summed E-state index contributed by atoms with van der Waals surface area (Å²) in [6.07, 6.45) is 1.64. The van der Waals surface area contributed by atoms with Crippen molar-refractivity contribution < 1.29 is 4.39 Å². The fourth-order valence-electron chi connectivity index (χ4n) is 1.21. The number of aromatic nitrogens is 2. The predicted molar refractivity (Wildman–Crippen MR) is 57.3 cm³/mol. The highest BCUT2D eigenvalue weighted by Crippen LogP contribution is 2.22. The molecule has 1 aromatic carbocycles. The van der Waals surface area contributed by atoms with Crippen molar-refractivity contribution in [2.24, 2.45) is 0 Å². The van der Waals surface area contributed by atoms with Crippen LogP contribution in [0.1, 0.15) is 5.69 Å². The highest BCUT2D eigenvalue weighted by atomic mass is 35.5. The molecular weight excluding hydrogens is 217 g/mol. The van der Waals surface area contributed by atoms with Crippen LogP contribution < -0.4 is 5.32 Å². The Morgan fingerprint density at radius 1 is 1.40 bits per heavy atom. The maximum Gasteiger partial charge on any atom is 0.164 e. The molecule has 0 saturated carbocycles.